The van der Waals surface area contributed by atoms with Crippen LogP contribution in [0.4, 0.5) is 0 Å². The lowest BCUT2D eigenvalue weighted by atomic mass is 10.1. The molecule has 1 aliphatic rings. The monoisotopic (exact) mass is 700 g/mol. The van der Waals surface area contributed by atoms with Crippen LogP contribution in [0, 0.1) is 0 Å². The number of nitrogens with zero attached hydrogens (tertiary/aromatic N) is 1. The summed E-state index contributed by atoms with van der Waals surface area (Å²) >= 11 is 0. The van der Waals surface area contributed by atoms with Crippen LogP contribution in [0.3, 0.4) is 0 Å². The van der Waals surface area contributed by atoms with Crippen LogP contribution in [-0.4, -0.2) is 63.7 Å². The molecule has 50 heavy (non-hydrogen) atoms. The Morgan fingerprint density at radius 3 is 1.44 bits per heavy atom. The minimum absolute atomic E-state index is 0.157. The SMILES string of the molecule is CCCCCC=CCC=CCCCCCCCCOCC(CCOCCN1CCCC1)OCCCCCCCCC=CCC=CCCCCC. The van der Waals surface area contributed by atoms with Crippen molar-refractivity contribution in [3.8, 4) is 0 Å². The molecule has 0 N–H and O–H groups in total. The quantitative estimate of drug-likeness (QED) is 0.0472. The van der Waals surface area contributed by atoms with E-state index in [1.807, 2.05) is 0 Å². The van der Waals surface area contributed by atoms with Gasteiger partial charge in [-0.1, -0.05) is 140 Å². The third kappa shape index (κ3) is 35.2. The van der Waals surface area contributed by atoms with Crippen molar-refractivity contribution in [3.63, 3.8) is 0 Å². The van der Waals surface area contributed by atoms with Gasteiger partial charge in [-0.15, -0.1) is 0 Å². The van der Waals surface area contributed by atoms with Gasteiger partial charge in [-0.3, -0.25) is 0 Å². The van der Waals surface area contributed by atoms with Gasteiger partial charge in [0.1, 0.15) is 0 Å². The molecule has 292 valence electrons. The molecule has 1 atom stereocenters. The molecule has 0 radical (unpaired) electrons. The van der Waals surface area contributed by atoms with Gasteiger partial charge >= 0.3 is 0 Å². The predicted octanol–water partition coefficient (Wildman–Crippen LogP) is 13.5. The van der Waals surface area contributed by atoms with Crippen LogP contribution in [0.25, 0.3) is 0 Å². The van der Waals surface area contributed by atoms with Crippen molar-refractivity contribution in [2.24, 2.45) is 0 Å². The van der Waals surface area contributed by atoms with E-state index in [1.165, 1.54) is 154 Å². The maximum absolute atomic E-state index is 6.34. The number of unbranched alkanes of at least 4 members (excludes halogenated alkanes) is 18. The summed E-state index contributed by atoms with van der Waals surface area (Å²) in [5.74, 6) is 0. The zero-order valence-electron chi connectivity index (χ0n) is 33.6. The Labute approximate surface area is 312 Å². The number of rotatable bonds is 39. The van der Waals surface area contributed by atoms with Crippen molar-refractivity contribution < 1.29 is 14.2 Å². The normalized spacial score (nSPS) is 14.9. The lowest BCUT2D eigenvalue weighted by Gasteiger charge is -2.19. The fraction of sp³-hybridized carbons (Fsp3) is 0.826. The second kappa shape index (κ2) is 40.6. The Kier molecular flexibility index (Phi) is 38.0. The van der Waals surface area contributed by atoms with Crippen LogP contribution < -0.4 is 0 Å². The highest BCUT2D eigenvalue weighted by molar-refractivity contribution is 4.93. The topological polar surface area (TPSA) is 30.9 Å². The van der Waals surface area contributed by atoms with Crippen LogP contribution in [0.2, 0.25) is 0 Å². The fourth-order valence-electron chi connectivity index (χ4n) is 6.48. The molecule has 4 nitrogen and oxygen atoms in total. The number of allylic oxidation sites excluding steroid dienone is 8. The highest BCUT2D eigenvalue weighted by atomic mass is 16.5. The molecule has 0 aliphatic carbocycles. The molecule has 0 aromatic carbocycles. The summed E-state index contributed by atoms with van der Waals surface area (Å²) in [6.45, 7) is 12.1. The average Bonchev–Trinajstić information content (AvgIpc) is 3.65. The first-order valence-electron chi connectivity index (χ1n) is 22.0. The van der Waals surface area contributed by atoms with Gasteiger partial charge in [0.25, 0.3) is 0 Å². The van der Waals surface area contributed by atoms with Crippen molar-refractivity contribution in [2.75, 3.05) is 52.7 Å². The summed E-state index contributed by atoms with van der Waals surface area (Å²) in [5.41, 5.74) is 0. The Morgan fingerprint density at radius 2 is 0.920 bits per heavy atom. The number of ether oxygens (including phenoxy) is 3. The number of hydrogen-bond donors (Lipinski definition) is 0. The van der Waals surface area contributed by atoms with Gasteiger partial charge in [-0.2, -0.15) is 0 Å². The minimum atomic E-state index is 0.157. The molecule has 0 spiro atoms. The molecule has 1 aliphatic heterocycles. The van der Waals surface area contributed by atoms with Crippen molar-refractivity contribution in [3.05, 3.63) is 48.6 Å². The second-order valence-corrected chi connectivity index (χ2v) is 14.7. The molecule has 1 heterocycles. The lowest BCUT2D eigenvalue weighted by Crippen LogP contribution is -2.26. The van der Waals surface area contributed by atoms with E-state index in [9.17, 15) is 0 Å². The van der Waals surface area contributed by atoms with E-state index in [4.69, 9.17) is 14.2 Å². The van der Waals surface area contributed by atoms with Gasteiger partial charge in [0, 0.05) is 26.4 Å². The molecule has 1 fully saturated rings. The third-order valence-corrected chi connectivity index (χ3v) is 9.83. The van der Waals surface area contributed by atoms with Crippen LogP contribution in [0.1, 0.15) is 187 Å². The molecule has 0 aromatic heterocycles. The molecule has 1 unspecified atom stereocenters. The maximum Gasteiger partial charge on any atom is 0.0830 e. The molecular weight excluding hydrogens is 615 g/mol. The van der Waals surface area contributed by atoms with E-state index < -0.39 is 0 Å². The maximum atomic E-state index is 6.34. The van der Waals surface area contributed by atoms with E-state index in [-0.39, 0.29) is 6.10 Å². The standard InChI is InChI=1S/C46H85NO3/c1-3-5-7-9-11-13-15-17-19-21-23-25-27-29-31-35-41-49-45-46(37-43-48-44-40-47-38-33-34-39-47)50-42-36-32-30-28-26-24-22-20-18-16-14-12-10-8-6-4-2/h11-14,17-20,46H,3-10,15-16,21-45H2,1-2H3. The third-order valence-electron chi connectivity index (χ3n) is 9.83. The first-order chi connectivity index (χ1) is 24.9. The summed E-state index contributed by atoms with van der Waals surface area (Å²) in [6.07, 6.45) is 53.2. The summed E-state index contributed by atoms with van der Waals surface area (Å²) in [5, 5.41) is 0. The zero-order valence-corrected chi connectivity index (χ0v) is 33.6. The average molecular weight is 700 g/mol. The second-order valence-electron chi connectivity index (χ2n) is 14.7. The molecule has 0 bridgehead atoms. The Morgan fingerprint density at radius 1 is 0.460 bits per heavy atom. The van der Waals surface area contributed by atoms with Crippen molar-refractivity contribution in [1.29, 1.82) is 0 Å². The molecule has 0 amide bonds. The minimum Gasteiger partial charge on any atom is -0.380 e. The predicted molar refractivity (Wildman–Crippen MR) is 220 cm³/mol. The first kappa shape index (κ1) is 46.8. The molecule has 0 aromatic rings. The smallest absolute Gasteiger partial charge is 0.0830 e. The van der Waals surface area contributed by atoms with Crippen molar-refractivity contribution >= 4 is 0 Å². The molecule has 4 heteroatoms. The summed E-state index contributed by atoms with van der Waals surface area (Å²) in [7, 11) is 0. The van der Waals surface area contributed by atoms with Crippen LogP contribution >= 0.6 is 0 Å². The van der Waals surface area contributed by atoms with Crippen LogP contribution in [-0.2, 0) is 14.2 Å². The van der Waals surface area contributed by atoms with Gasteiger partial charge in [0.2, 0.25) is 0 Å². The van der Waals surface area contributed by atoms with Gasteiger partial charge < -0.3 is 19.1 Å². The Bertz CT molecular complexity index is 769. The van der Waals surface area contributed by atoms with Gasteiger partial charge in [-0.05, 0) is 109 Å². The fourth-order valence-corrected chi connectivity index (χ4v) is 6.48. The number of hydrogen-bond acceptors (Lipinski definition) is 4. The Hall–Kier alpha value is -1.20. The molecule has 1 saturated heterocycles. The lowest BCUT2D eigenvalue weighted by molar-refractivity contribution is -0.0356. The van der Waals surface area contributed by atoms with Gasteiger partial charge in [-0.25, -0.2) is 0 Å². The highest BCUT2D eigenvalue weighted by Crippen LogP contribution is 2.12. The van der Waals surface area contributed by atoms with Crippen LogP contribution in [0.15, 0.2) is 48.6 Å². The summed E-state index contributed by atoms with van der Waals surface area (Å²) < 4.78 is 18.5. The zero-order chi connectivity index (χ0) is 35.7. The van der Waals surface area contributed by atoms with E-state index in [0.29, 0.717) is 6.61 Å². The summed E-state index contributed by atoms with van der Waals surface area (Å²) in [4.78, 5) is 2.52. The summed E-state index contributed by atoms with van der Waals surface area (Å²) in [6, 6.07) is 0. The van der Waals surface area contributed by atoms with Gasteiger partial charge in [0.05, 0.1) is 19.3 Å². The highest BCUT2D eigenvalue weighted by Gasteiger charge is 2.12. The largest absolute Gasteiger partial charge is 0.380 e. The van der Waals surface area contributed by atoms with E-state index in [2.05, 4.69) is 67.4 Å². The van der Waals surface area contributed by atoms with E-state index in [1.54, 1.807) is 0 Å². The molecule has 1 rings (SSSR count). The van der Waals surface area contributed by atoms with E-state index in [0.717, 1.165) is 65.1 Å². The molecule has 0 saturated carbocycles. The Balaban J connectivity index is 2.05. The van der Waals surface area contributed by atoms with Crippen molar-refractivity contribution in [1.82, 2.24) is 4.90 Å². The van der Waals surface area contributed by atoms with E-state index >= 15 is 0 Å². The van der Waals surface area contributed by atoms with Crippen LogP contribution in [0.5, 0.6) is 0 Å². The van der Waals surface area contributed by atoms with Gasteiger partial charge in [0.15, 0.2) is 0 Å². The number of likely N-dealkylation sites (tertiary alicyclic amines) is 1. The molecular formula is C46H85NO3. The van der Waals surface area contributed by atoms with Crippen molar-refractivity contribution in [2.45, 2.75) is 193 Å². The first-order valence-corrected chi connectivity index (χ1v) is 22.0.